The number of amides is 1. The van der Waals surface area contributed by atoms with Crippen molar-refractivity contribution in [2.75, 3.05) is 19.0 Å². The summed E-state index contributed by atoms with van der Waals surface area (Å²) in [6.45, 7) is 2.07. The molecular weight excluding hydrogens is 352 g/mol. The molecule has 26 heavy (non-hydrogen) atoms. The minimum absolute atomic E-state index is 0.00812. The Morgan fingerprint density at radius 2 is 2.12 bits per heavy atom. The third-order valence-electron chi connectivity index (χ3n) is 3.83. The average Bonchev–Trinajstić information content (AvgIpc) is 3.07. The number of carbonyl (C=O) groups excluding carboxylic acids is 1. The zero-order chi connectivity index (χ0) is 18.5. The Morgan fingerprint density at radius 1 is 1.31 bits per heavy atom. The lowest BCUT2D eigenvalue weighted by atomic mass is 10.2. The summed E-state index contributed by atoms with van der Waals surface area (Å²) in [7, 11) is 1.56. The van der Waals surface area contributed by atoms with Crippen molar-refractivity contribution in [1.82, 2.24) is 15.3 Å². The average molecular weight is 372 g/mol. The molecule has 1 atom stereocenters. The lowest BCUT2D eigenvalue weighted by molar-refractivity contribution is 0.0958. The van der Waals surface area contributed by atoms with Gasteiger partial charge >= 0.3 is 0 Å². The van der Waals surface area contributed by atoms with Gasteiger partial charge in [0.15, 0.2) is 5.13 Å². The van der Waals surface area contributed by atoms with Gasteiger partial charge in [-0.25, -0.2) is 4.98 Å². The lowest BCUT2D eigenvalue weighted by Crippen LogP contribution is -2.22. The molecule has 0 saturated carbocycles. The number of rotatable bonds is 7. The number of aromatic nitrogens is 2. The number of nitrogens with one attached hydrogen (secondary N) is 2. The Kier molecular flexibility index (Phi) is 5.65. The maximum Gasteiger partial charge on any atom is 0.269 e. The van der Waals surface area contributed by atoms with Crippen LogP contribution in [0.4, 0.5) is 5.13 Å². The van der Waals surface area contributed by atoms with Crippen LogP contribution < -0.4 is 15.4 Å². The van der Waals surface area contributed by atoms with E-state index in [0.29, 0.717) is 17.2 Å². The first-order valence-corrected chi connectivity index (χ1v) is 9.08. The molecule has 0 saturated heterocycles. The molecule has 3 N–H and O–H groups in total. The van der Waals surface area contributed by atoms with Crippen molar-refractivity contribution < 1.29 is 14.6 Å². The summed E-state index contributed by atoms with van der Waals surface area (Å²) in [5.41, 5.74) is 1.16. The van der Waals surface area contributed by atoms with E-state index >= 15 is 0 Å². The van der Waals surface area contributed by atoms with E-state index in [1.54, 1.807) is 19.2 Å². The van der Waals surface area contributed by atoms with Crippen LogP contribution in [-0.2, 0) is 0 Å². The van der Waals surface area contributed by atoms with Crippen molar-refractivity contribution in [2.45, 2.75) is 19.4 Å². The molecule has 0 aliphatic rings. The van der Waals surface area contributed by atoms with Gasteiger partial charge in [-0.05, 0) is 24.6 Å². The first-order chi connectivity index (χ1) is 12.6. The van der Waals surface area contributed by atoms with Crippen LogP contribution in [0.3, 0.4) is 0 Å². The van der Waals surface area contributed by atoms with Gasteiger partial charge < -0.3 is 20.5 Å². The van der Waals surface area contributed by atoms with E-state index in [9.17, 15) is 9.90 Å². The van der Waals surface area contributed by atoms with Gasteiger partial charge in [-0.3, -0.25) is 9.78 Å². The van der Waals surface area contributed by atoms with E-state index in [1.807, 2.05) is 25.1 Å². The third kappa shape index (κ3) is 4.09. The number of aliphatic hydroxyl groups is 1. The summed E-state index contributed by atoms with van der Waals surface area (Å²) in [4.78, 5) is 20.2. The van der Waals surface area contributed by atoms with Gasteiger partial charge in [0.1, 0.15) is 17.2 Å². The third-order valence-corrected chi connectivity index (χ3v) is 4.78. The van der Waals surface area contributed by atoms with Gasteiger partial charge in [0.2, 0.25) is 0 Å². The van der Waals surface area contributed by atoms with Gasteiger partial charge in [-0.1, -0.05) is 18.3 Å². The zero-order valence-electron chi connectivity index (χ0n) is 14.5. The summed E-state index contributed by atoms with van der Waals surface area (Å²) in [5, 5.41) is 15.8. The van der Waals surface area contributed by atoms with Crippen molar-refractivity contribution in [3.8, 4) is 11.5 Å². The molecule has 1 aromatic carbocycles. The number of pyridine rings is 1. The van der Waals surface area contributed by atoms with Crippen LogP contribution in [0.15, 0.2) is 36.5 Å². The van der Waals surface area contributed by atoms with Crippen molar-refractivity contribution in [2.24, 2.45) is 0 Å². The predicted molar refractivity (Wildman–Crippen MR) is 102 cm³/mol. The first kappa shape index (κ1) is 18.1. The Hall–Kier alpha value is -2.71. The van der Waals surface area contributed by atoms with Gasteiger partial charge in [-0.15, -0.1) is 0 Å². The Balaban J connectivity index is 1.80. The lowest BCUT2D eigenvalue weighted by Gasteiger charge is -2.11. The number of anilines is 1. The van der Waals surface area contributed by atoms with E-state index in [0.717, 1.165) is 21.8 Å². The molecule has 2 aromatic heterocycles. The Bertz CT molecular complexity index is 908. The predicted octanol–water partition coefficient (Wildman–Crippen LogP) is 3.03. The van der Waals surface area contributed by atoms with Gasteiger partial charge in [0.05, 0.1) is 22.9 Å². The summed E-state index contributed by atoms with van der Waals surface area (Å²) in [6, 6.07) is 8.89. The molecule has 7 nitrogen and oxygen atoms in total. The quantitative estimate of drug-likeness (QED) is 0.590. The highest BCUT2D eigenvalue weighted by Gasteiger charge is 2.11. The standard InChI is InChI=1S/C18H20N4O3S/c1-3-11(10-23)21-18-22-14-5-4-12(9-16(14)26-18)25-13-6-7-20-15(8-13)17(24)19-2/h4-9,11,23H,3,10H2,1-2H3,(H,19,24)(H,21,22)/t11-/m0/s1. The second kappa shape index (κ2) is 8.11. The molecule has 3 aromatic rings. The maximum atomic E-state index is 11.7. The molecule has 0 spiro atoms. The summed E-state index contributed by atoms with van der Waals surface area (Å²) >= 11 is 1.50. The molecule has 0 fully saturated rings. The van der Waals surface area contributed by atoms with Crippen molar-refractivity contribution >= 4 is 32.6 Å². The topological polar surface area (TPSA) is 96.4 Å². The van der Waals surface area contributed by atoms with Crippen LogP contribution in [0.1, 0.15) is 23.8 Å². The molecule has 0 radical (unpaired) electrons. The van der Waals surface area contributed by atoms with Gasteiger partial charge in [0.25, 0.3) is 5.91 Å². The molecule has 0 aliphatic carbocycles. The molecule has 1 amide bonds. The Morgan fingerprint density at radius 3 is 2.85 bits per heavy atom. The molecule has 3 rings (SSSR count). The number of aliphatic hydroxyl groups excluding tert-OH is 1. The molecule has 8 heteroatoms. The summed E-state index contributed by atoms with van der Waals surface area (Å²) < 4.78 is 6.82. The van der Waals surface area contributed by atoms with Crippen LogP contribution >= 0.6 is 11.3 Å². The fourth-order valence-electron chi connectivity index (χ4n) is 2.34. The first-order valence-electron chi connectivity index (χ1n) is 8.27. The number of benzene rings is 1. The van der Waals surface area contributed by atoms with Crippen molar-refractivity contribution in [3.05, 3.63) is 42.2 Å². The van der Waals surface area contributed by atoms with Crippen molar-refractivity contribution in [3.63, 3.8) is 0 Å². The summed E-state index contributed by atoms with van der Waals surface area (Å²) in [5.74, 6) is 0.918. The highest BCUT2D eigenvalue weighted by Crippen LogP contribution is 2.31. The molecule has 0 aliphatic heterocycles. The number of thiazole rings is 1. The number of hydrogen-bond donors (Lipinski definition) is 3. The number of ether oxygens (including phenoxy) is 1. The normalized spacial score (nSPS) is 12.0. The number of nitrogens with zero attached hydrogens (tertiary/aromatic N) is 2. The SMILES string of the molecule is CC[C@@H](CO)Nc1nc2ccc(Oc3ccnc(C(=O)NC)c3)cc2s1. The molecule has 0 unspecified atom stereocenters. The van der Waals surface area contributed by atoms with Crippen LogP contribution in [0, 0.1) is 0 Å². The number of hydrogen-bond acceptors (Lipinski definition) is 7. The smallest absolute Gasteiger partial charge is 0.269 e. The highest BCUT2D eigenvalue weighted by molar-refractivity contribution is 7.22. The zero-order valence-corrected chi connectivity index (χ0v) is 15.3. The largest absolute Gasteiger partial charge is 0.457 e. The molecular formula is C18H20N4O3S. The molecule has 2 heterocycles. The second-order valence-electron chi connectivity index (χ2n) is 5.64. The molecule has 0 bridgehead atoms. The van der Waals surface area contributed by atoms with Crippen LogP contribution in [0.25, 0.3) is 10.2 Å². The van der Waals surface area contributed by atoms with Gasteiger partial charge in [-0.2, -0.15) is 0 Å². The summed E-state index contributed by atoms with van der Waals surface area (Å²) in [6.07, 6.45) is 2.35. The van der Waals surface area contributed by atoms with Gasteiger partial charge in [0, 0.05) is 25.4 Å². The minimum atomic E-state index is -0.265. The van der Waals surface area contributed by atoms with E-state index in [4.69, 9.17) is 4.74 Å². The van der Waals surface area contributed by atoms with E-state index in [2.05, 4.69) is 20.6 Å². The number of carbonyl (C=O) groups is 1. The van der Waals surface area contributed by atoms with E-state index in [1.165, 1.54) is 17.5 Å². The van der Waals surface area contributed by atoms with Crippen molar-refractivity contribution in [1.29, 1.82) is 0 Å². The highest BCUT2D eigenvalue weighted by atomic mass is 32.1. The number of fused-ring (bicyclic) bond motifs is 1. The Labute approximate surface area is 155 Å². The van der Waals surface area contributed by atoms with E-state index in [-0.39, 0.29) is 18.6 Å². The fraction of sp³-hybridized carbons (Fsp3) is 0.278. The van der Waals surface area contributed by atoms with E-state index < -0.39 is 0 Å². The van der Waals surface area contributed by atoms with Crippen LogP contribution in [0.5, 0.6) is 11.5 Å². The molecule has 136 valence electrons. The maximum absolute atomic E-state index is 11.7. The van der Waals surface area contributed by atoms with Crippen LogP contribution in [0.2, 0.25) is 0 Å². The second-order valence-corrected chi connectivity index (χ2v) is 6.67. The monoisotopic (exact) mass is 372 g/mol. The fourth-order valence-corrected chi connectivity index (χ4v) is 3.32. The minimum Gasteiger partial charge on any atom is -0.457 e. The van der Waals surface area contributed by atoms with Crippen LogP contribution in [-0.4, -0.2) is 40.7 Å².